The SMILES string of the molecule is COc1cc(O)ccc1CCC(C)=NO. The number of phenols is 1. The molecular weight excluding hydrogens is 194 g/mol. The van der Waals surface area contributed by atoms with E-state index >= 15 is 0 Å². The maximum atomic E-state index is 9.25. The van der Waals surface area contributed by atoms with Gasteiger partial charge in [0.15, 0.2) is 0 Å². The number of aromatic hydroxyl groups is 1. The van der Waals surface area contributed by atoms with Crippen LogP contribution in [-0.4, -0.2) is 23.1 Å². The van der Waals surface area contributed by atoms with Crippen LogP contribution >= 0.6 is 0 Å². The Balaban J connectivity index is 2.76. The van der Waals surface area contributed by atoms with Crippen LogP contribution in [0.5, 0.6) is 11.5 Å². The Morgan fingerprint density at radius 2 is 2.20 bits per heavy atom. The summed E-state index contributed by atoms with van der Waals surface area (Å²) in [4.78, 5) is 0. The van der Waals surface area contributed by atoms with Gasteiger partial charge in [0.1, 0.15) is 11.5 Å². The molecule has 15 heavy (non-hydrogen) atoms. The molecular formula is C11H15NO3. The lowest BCUT2D eigenvalue weighted by molar-refractivity contribution is 0.317. The van der Waals surface area contributed by atoms with Crippen molar-refractivity contribution in [3.8, 4) is 11.5 Å². The van der Waals surface area contributed by atoms with E-state index in [1.54, 1.807) is 32.2 Å². The summed E-state index contributed by atoms with van der Waals surface area (Å²) in [7, 11) is 1.56. The first kappa shape index (κ1) is 11.4. The van der Waals surface area contributed by atoms with Crippen LogP contribution in [0.15, 0.2) is 23.4 Å². The Morgan fingerprint density at radius 3 is 2.80 bits per heavy atom. The highest BCUT2D eigenvalue weighted by molar-refractivity contribution is 5.81. The highest BCUT2D eigenvalue weighted by Crippen LogP contribution is 2.24. The second kappa shape index (κ2) is 5.24. The first-order valence-electron chi connectivity index (χ1n) is 4.70. The van der Waals surface area contributed by atoms with Crippen molar-refractivity contribution in [3.63, 3.8) is 0 Å². The Bertz CT molecular complexity index is 361. The first-order chi connectivity index (χ1) is 7.17. The Kier molecular flexibility index (Phi) is 3.97. The van der Waals surface area contributed by atoms with Gasteiger partial charge in [-0.2, -0.15) is 0 Å². The van der Waals surface area contributed by atoms with Crippen LogP contribution in [0.3, 0.4) is 0 Å². The first-order valence-corrected chi connectivity index (χ1v) is 4.70. The maximum absolute atomic E-state index is 9.25. The van der Waals surface area contributed by atoms with E-state index in [-0.39, 0.29) is 5.75 Å². The summed E-state index contributed by atoms with van der Waals surface area (Å²) < 4.78 is 5.13. The topological polar surface area (TPSA) is 62.0 Å². The summed E-state index contributed by atoms with van der Waals surface area (Å²) in [5, 5.41) is 20.9. The highest BCUT2D eigenvalue weighted by atomic mass is 16.5. The van der Waals surface area contributed by atoms with Gasteiger partial charge < -0.3 is 15.1 Å². The predicted octanol–water partition coefficient (Wildman–Crippen LogP) is 2.18. The molecule has 0 atom stereocenters. The molecule has 4 nitrogen and oxygen atoms in total. The lowest BCUT2D eigenvalue weighted by atomic mass is 10.1. The second-order valence-electron chi connectivity index (χ2n) is 3.33. The van der Waals surface area contributed by atoms with Crippen molar-refractivity contribution in [2.45, 2.75) is 19.8 Å². The van der Waals surface area contributed by atoms with E-state index in [0.29, 0.717) is 17.9 Å². The molecule has 0 saturated heterocycles. The van der Waals surface area contributed by atoms with E-state index < -0.39 is 0 Å². The fourth-order valence-corrected chi connectivity index (χ4v) is 1.31. The standard InChI is InChI=1S/C11H15NO3/c1-8(12-14)3-4-9-5-6-10(13)7-11(9)15-2/h5-7,13-14H,3-4H2,1-2H3. The summed E-state index contributed by atoms with van der Waals surface area (Å²) in [6.07, 6.45) is 1.39. The number of hydrogen-bond acceptors (Lipinski definition) is 4. The van der Waals surface area contributed by atoms with Crippen molar-refractivity contribution in [1.29, 1.82) is 0 Å². The normalized spacial score (nSPS) is 11.5. The van der Waals surface area contributed by atoms with Gasteiger partial charge in [0.2, 0.25) is 0 Å². The fraction of sp³-hybridized carbons (Fsp3) is 0.364. The van der Waals surface area contributed by atoms with Crippen LogP contribution in [0.25, 0.3) is 0 Å². The summed E-state index contributed by atoms with van der Waals surface area (Å²) in [6.45, 7) is 1.76. The van der Waals surface area contributed by atoms with Crippen LogP contribution in [-0.2, 0) is 6.42 Å². The fourth-order valence-electron chi connectivity index (χ4n) is 1.31. The highest BCUT2D eigenvalue weighted by Gasteiger charge is 2.04. The molecule has 0 aliphatic carbocycles. The van der Waals surface area contributed by atoms with E-state index in [0.717, 1.165) is 12.0 Å². The Labute approximate surface area is 88.8 Å². The third-order valence-electron chi connectivity index (χ3n) is 2.20. The number of methoxy groups -OCH3 is 1. The molecule has 1 aromatic carbocycles. The van der Waals surface area contributed by atoms with Crippen molar-refractivity contribution in [1.82, 2.24) is 0 Å². The van der Waals surface area contributed by atoms with E-state index in [2.05, 4.69) is 5.16 Å². The minimum atomic E-state index is 0.183. The van der Waals surface area contributed by atoms with Gasteiger partial charge in [0.05, 0.1) is 12.8 Å². The number of rotatable bonds is 4. The number of benzene rings is 1. The molecule has 0 saturated carbocycles. The number of hydrogen-bond donors (Lipinski definition) is 2. The van der Waals surface area contributed by atoms with Crippen molar-refractivity contribution in [2.24, 2.45) is 5.16 Å². The van der Waals surface area contributed by atoms with Crippen molar-refractivity contribution < 1.29 is 15.1 Å². The molecule has 4 heteroatoms. The summed E-state index contributed by atoms with van der Waals surface area (Å²) in [5.74, 6) is 0.837. The maximum Gasteiger partial charge on any atom is 0.125 e. The molecule has 0 aliphatic heterocycles. The van der Waals surface area contributed by atoms with Crippen molar-refractivity contribution in [2.75, 3.05) is 7.11 Å². The van der Waals surface area contributed by atoms with Gasteiger partial charge in [-0.15, -0.1) is 0 Å². The van der Waals surface area contributed by atoms with Crippen LogP contribution < -0.4 is 4.74 Å². The minimum absolute atomic E-state index is 0.183. The Hall–Kier alpha value is -1.71. The molecule has 0 aliphatic rings. The molecule has 1 rings (SSSR count). The van der Waals surface area contributed by atoms with E-state index in [1.807, 2.05) is 0 Å². The average Bonchev–Trinajstić information content (AvgIpc) is 2.26. The van der Waals surface area contributed by atoms with Gasteiger partial charge in [0.25, 0.3) is 0 Å². The van der Waals surface area contributed by atoms with Crippen LogP contribution in [0.1, 0.15) is 18.9 Å². The summed E-state index contributed by atoms with van der Waals surface area (Å²) in [6, 6.07) is 4.99. The van der Waals surface area contributed by atoms with Gasteiger partial charge in [-0.25, -0.2) is 0 Å². The number of ether oxygens (including phenoxy) is 1. The molecule has 0 amide bonds. The van der Waals surface area contributed by atoms with Gasteiger partial charge in [-0.1, -0.05) is 11.2 Å². The van der Waals surface area contributed by atoms with Gasteiger partial charge in [-0.3, -0.25) is 0 Å². The van der Waals surface area contributed by atoms with Crippen LogP contribution in [0.4, 0.5) is 0 Å². The monoisotopic (exact) mass is 209 g/mol. The molecule has 0 heterocycles. The van der Waals surface area contributed by atoms with Crippen molar-refractivity contribution >= 4 is 5.71 Å². The zero-order chi connectivity index (χ0) is 11.3. The zero-order valence-corrected chi connectivity index (χ0v) is 8.90. The van der Waals surface area contributed by atoms with E-state index in [1.165, 1.54) is 0 Å². The lowest BCUT2D eigenvalue weighted by Crippen LogP contribution is -1.97. The van der Waals surface area contributed by atoms with Gasteiger partial charge in [0, 0.05) is 6.07 Å². The second-order valence-corrected chi connectivity index (χ2v) is 3.33. The molecule has 82 valence electrons. The number of phenolic OH excluding ortho intramolecular Hbond substituents is 1. The predicted molar refractivity (Wildman–Crippen MR) is 57.9 cm³/mol. The molecule has 0 aromatic heterocycles. The van der Waals surface area contributed by atoms with E-state index in [4.69, 9.17) is 9.94 Å². The quantitative estimate of drug-likeness (QED) is 0.454. The smallest absolute Gasteiger partial charge is 0.125 e. The largest absolute Gasteiger partial charge is 0.508 e. The third-order valence-corrected chi connectivity index (χ3v) is 2.20. The minimum Gasteiger partial charge on any atom is -0.508 e. The lowest BCUT2D eigenvalue weighted by Gasteiger charge is -2.08. The molecule has 0 bridgehead atoms. The van der Waals surface area contributed by atoms with Crippen molar-refractivity contribution in [3.05, 3.63) is 23.8 Å². The molecule has 1 aromatic rings. The number of oxime groups is 1. The molecule has 2 N–H and O–H groups in total. The summed E-state index contributed by atoms with van der Waals surface area (Å²) >= 11 is 0. The number of aryl methyl sites for hydroxylation is 1. The Morgan fingerprint density at radius 1 is 1.47 bits per heavy atom. The van der Waals surface area contributed by atoms with E-state index in [9.17, 15) is 5.11 Å². The number of nitrogens with zero attached hydrogens (tertiary/aromatic N) is 1. The van der Waals surface area contributed by atoms with Crippen LogP contribution in [0, 0.1) is 0 Å². The molecule has 0 unspecified atom stereocenters. The zero-order valence-electron chi connectivity index (χ0n) is 8.90. The molecule has 0 spiro atoms. The third kappa shape index (κ3) is 3.16. The average molecular weight is 209 g/mol. The summed E-state index contributed by atoms with van der Waals surface area (Å²) in [5.41, 5.74) is 1.66. The molecule has 0 radical (unpaired) electrons. The van der Waals surface area contributed by atoms with Gasteiger partial charge >= 0.3 is 0 Å². The van der Waals surface area contributed by atoms with Crippen LogP contribution in [0.2, 0.25) is 0 Å². The molecule has 0 fully saturated rings. The van der Waals surface area contributed by atoms with Gasteiger partial charge in [-0.05, 0) is 31.4 Å².